The van der Waals surface area contributed by atoms with E-state index in [0.29, 0.717) is 0 Å². The fourth-order valence-electron chi connectivity index (χ4n) is 0.733. The average Bonchev–Trinajstić information content (AvgIpc) is 1.97. The topological polar surface area (TPSA) is 31.9 Å². The Morgan fingerprint density at radius 3 is 2.70 bits per heavy atom. The normalized spacial score (nSPS) is 9.70. The van der Waals surface area contributed by atoms with Crippen molar-refractivity contribution in [2.75, 3.05) is 19.7 Å². The van der Waals surface area contributed by atoms with Crippen molar-refractivity contribution in [1.29, 1.82) is 0 Å². The van der Waals surface area contributed by atoms with Gasteiger partial charge < -0.3 is 5.32 Å². The summed E-state index contributed by atoms with van der Waals surface area (Å²) in [6, 6.07) is 0. The standard InChI is InChI=1S/C8H16NO/c1-2-6-9-7-4-3-5-8-10/h2,9H,1,3-8H2. The lowest BCUT2D eigenvalue weighted by atomic mass is 10.2. The van der Waals surface area contributed by atoms with Crippen LogP contribution in [0, 0.1) is 0 Å². The molecule has 0 heterocycles. The highest BCUT2D eigenvalue weighted by atomic mass is 16.2. The van der Waals surface area contributed by atoms with Crippen molar-refractivity contribution in [1.82, 2.24) is 5.32 Å². The molecule has 1 radical (unpaired) electrons. The van der Waals surface area contributed by atoms with Crippen molar-refractivity contribution >= 4 is 0 Å². The van der Waals surface area contributed by atoms with Crippen molar-refractivity contribution in [2.45, 2.75) is 19.3 Å². The predicted octanol–water partition coefficient (Wildman–Crippen LogP) is 1.36. The number of nitrogens with one attached hydrogen (secondary N) is 1. The number of unbranched alkanes of at least 4 members (excludes halogenated alkanes) is 2. The zero-order valence-electron chi connectivity index (χ0n) is 6.44. The second kappa shape index (κ2) is 8.66. The molecule has 0 amide bonds. The van der Waals surface area contributed by atoms with E-state index in [2.05, 4.69) is 11.9 Å². The fourth-order valence-corrected chi connectivity index (χ4v) is 0.733. The van der Waals surface area contributed by atoms with E-state index in [1.165, 1.54) is 0 Å². The van der Waals surface area contributed by atoms with Crippen molar-refractivity contribution in [3.63, 3.8) is 0 Å². The molecule has 0 spiro atoms. The average molecular weight is 142 g/mol. The molecular weight excluding hydrogens is 126 g/mol. The van der Waals surface area contributed by atoms with Gasteiger partial charge in [0.05, 0.1) is 6.61 Å². The summed E-state index contributed by atoms with van der Waals surface area (Å²) in [4.78, 5) is 0. The smallest absolute Gasteiger partial charge is 0.0822 e. The van der Waals surface area contributed by atoms with Gasteiger partial charge in [0.15, 0.2) is 0 Å². The monoisotopic (exact) mass is 142 g/mol. The molecule has 0 bridgehead atoms. The molecule has 0 aromatic carbocycles. The molecule has 0 rings (SSSR count). The van der Waals surface area contributed by atoms with Crippen LogP contribution in [0.2, 0.25) is 0 Å². The van der Waals surface area contributed by atoms with Crippen LogP contribution >= 0.6 is 0 Å². The summed E-state index contributed by atoms with van der Waals surface area (Å²) in [5.74, 6) is 0. The number of hydrogen-bond donors (Lipinski definition) is 1. The highest BCUT2D eigenvalue weighted by Crippen LogP contribution is 1.91. The summed E-state index contributed by atoms with van der Waals surface area (Å²) in [5.41, 5.74) is 0. The molecule has 0 aromatic heterocycles. The second-order valence-electron chi connectivity index (χ2n) is 2.26. The fraction of sp³-hybridized carbons (Fsp3) is 0.750. The largest absolute Gasteiger partial charge is 0.313 e. The molecule has 0 saturated heterocycles. The first-order chi connectivity index (χ1) is 4.91. The minimum absolute atomic E-state index is 0.0709. The molecule has 0 aliphatic heterocycles. The van der Waals surface area contributed by atoms with Gasteiger partial charge in [0.25, 0.3) is 0 Å². The quantitative estimate of drug-likeness (QED) is 0.422. The van der Waals surface area contributed by atoms with Gasteiger partial charge in [-0.3, -0.25) is 0 Å². The van der Waals surface area contributed by atoms with Crippen LogP contribution < -0.4 is 5.32 Å². The highest BCUT2D eigenvalue weighted by molar-refractivity contribution is 4.68. The summed E-state index contributed by atoms with van der Waals surface area (Å²) >= 11 is 0. The predicted molar refractivity (Wildman–Crippen MR) is 42.5 cm³/mol. The van der Waals surface area contributed by atoms with Gasteiger partial charge in [-0.15, -0.1) is 6.58 Å². The van der Waals surface area contributed by atoms with Crippen molar-refractivity contribution in [3.05, 3.63) is 12.7 Å². The summed E-state index contributed by atoms with van der Waals surface area (Å²) in [6.45, 7) is 5.53. The van der Waals surface area contributed by atoms with Gasteiger partial charge in [0.1, 0.15) is 0 Å². The summed E-state index contributed by atoms with van der Waals surface area (Å²) < 4.78 is 0. The molecule has 1 N–H and O–H groups in total. The number of hydrogen-bond acceptors (Lipinski definition) is 1. The lowest BCUT2D eigenvalue weighted by Crippen LogP contribution is -2.14. The van der Waals surface area contributed by atoms with Crippen LogP contribution in [0.3, 0.4) is 0 Å². The van der Waals surface area contributed by atoms with Gasteiger partial charge in [0, 0.05) is 6.54 Å². The molecule has 0 aliphatic carbocycles. The van der Waals surface area contributed by atoms with Crippen LogP contribution in [0.1, 0.15) is 19.3 Å². The molecule has 2 heteroatoms. The maximum absolute atomic E-state index is 9.98. The van der Waals surface area contributed by atoms with Crippen LogP contribution in [0.15, 0.2) is 12.7 Å². The van der Waals surface area contributed by atoms with E-state index in [-0.39, 0.29) is 6.61 Å². The van der Waals surface area contributed by atoms with Gasteiger partial charge >= 0.3 is 0 Å². The SMILES string of the molecule is C=CCNCCCCC[O]. The first-order valence-electron chi connectivity index (χ1n) is 3.81. The van der Waals surface area contributed by atoms with Crippen molar-refractivity contribution < 1.29 is 5.11 Å². The van der Waals surface area contributed by atoms with Crippen LogP contribution in [-0.2, 0) is 5.11 Å². The molecule has 0 aliphatic rings. The van der Waals surface area contributed by atoms with Gasteiger partial charge in [0.2, 0.25) is 0 Å². The van der Waals surface area contributed by atoms with Crippen LogP contribution in [0.4, 0.5) is 0 Å². The molecule has 0 atom stereocenters. The zero-order valence-corrected chi connectivity index (χ0v) is 6.44. The third-order valence-corrected chi connectivity index (χ3v) is 1.29. The van der Waals surface area contributed by atoms with E-state index in [1.54, 1.807) is 0 Å². The molecule has 0 fully saturated rings. The van der Waals surface area contributed by atoms with E-state index in [1.807, 2.05) is 6.08 Å². The maximum atomic E-state index is 9.98. The molecule has 59 valence electrons. The lowest BCUT2D eigenvalue weighted by molar-refractivity contribution is 0.186. The lowest BCUT2D eigenvalue weighted by Gasteiger charge is -1.98. The van der Waals surface area contributed by atoms with Gasteiger partial charge in [-0.25, -0.2) is 5.11 Å². The Kier molecular flexibility index (Phi) is 8.37. The third kappa shape index (κ3) is 7.66. The Morgan fingerprint density at radius 2 is 2.10 bits per heavy atom. The van der Waals surface area contributed by atoms with E-state index in [0.717, 1.165) is 32.4 Å². The minimum atomic E-state index is 0.0709. The Morgan fingerprint density at radius 1 is 1.30 bits per heavy atom. The Bertz CT molecular complexity index is 73.7. The van der Waals surface area contributed by atoms with Crippen LogP contribution in [0.5, 0.6) is 0 Å². The van der Waals surface area contributed by atoms with E-state index >= 15 is 0 Å². The van der Waals surface area contributed by atoms with Crippen LogP contribution in [0.25, 0.3) is 0 Å². The maximum Gasteiger partial charge on any atom is 0.0822 e. The molecule has 10 heavy (non-hydrogen) atoms. The number of rotatable bonds is 7. The highest BCUT2D eigenvalue weighted by Gasteiger charge is 1.86. The molecule has 2 nitrogen and oxygen atoms in total. The molecule has 0 aromatic rings. The van der Waals surface area contributed by atoms with E-state index in [9.17, 15) is 5.11 Å². The molecular formula is C8H16NO. The van der Waals surface area contributed by atoms with Crippen molar-refractivity contribution in [3.8, 4) is 0 Å². The first-order valence-corrected chi connectivity index (χ1v) is 3.81. The Balaban J connectivity index is 2.70. The first kappa shape index (κ1) is 9.66. The van der Waals surface area contributed by atoms with Gasteiger partial charge in [-0.05, 0) is 25.8 Å². The van der Waals surface area contributed by atoms with Crippen molar-refractivity contribution in [2.24, 2.45) is 0 Å². The molecule has 0 unspecified atom stereocenters. The summed E-state index contributed by atoms with van der Waals surface area (Å²) in [7, 11) is 0. The minimum Gasteiger partial charge on any atom is -0.313 e. The van der Waals surface area contributed by atoms with Gasteiger partial charge in [-0.2, -0.15) is 0 Å². The second-order valence-corrected chi connectivity index (χ2v) is 2.26. The van der Waals surface area contributed by atoms with E-state index in [4.69, 9.17) is 0 Å². The molecule has 0 saturated carbocycles. The Hall–Kier alpha value is -0.340. The van der Waals surface area contributed by atoms with E-state index < -0.39 is 0 Å². The third-order valence-electron chi connectivity index (χ3n) is 1.29. The zero-order chi connectivity index (χ0) is 7.66. The van der Waals surface area contributed by atoms with Gasteiger partial charge in [-0.1, -0.05) is 6.08 Å². The van der Waals surface area contributed by atoms with Crippen LogP contribution in [-0.4, -0.2) is 19.7 Å². The summed E-state index contributed by atoms with van der Waals surface area (Å²) in [6.07, 6.45) is 4.81. The summed E-state index contributed by atoms with van der Waals surface area (Å²) in [5, 5.41) is 13.2. The Labute approximate surface area is 62.9 Å².